The number of phenols is 1. The molecule has 0 fully saturated rings. The van der Waals surface area contributed by atoms with Gasteiger partial charge < -0.3 is 10.2 Å². The Morgan fingerprint density at radius 1 is 1.33 bits per heavy atom. The van der Waals surface area contributed by atoms with Crippen LogP contribution < -0.4 is 0 Å². The first kappa shape index (κ1) is 10.2. The zero-order chi connectivity index (χ0) is 11.2. The maximum absolute atomic E-state index is 11.6. The molecular weight excluding hydrogens is 216 g/mol. The fourth-order valence-electron chi connectivity index (χ4n) is 1.64. The molecule has 0 amide bonds. The van der Waals surface area contributed by atoms with Crippen molar-refractivity contribution in [2.75, 3.05) is 0 Å². The number of aliphatic hydroxyl groups excluding tert-OH is 1. The van der Waals surface area contributed by atoms with E-state index in [2.05, 4.69) is 0 Å². The maximum atomic E-state index is 11.6. The summed E-state index contributed by atoms with van der Waals surface area (Å²) in [5.74, 6) is -0.124. The van der Waals surface area contributed by atoms with E-state index in [4.69, 9.17) is 0 Å². The van der Waals surface area contributed by atoms with Gasteiger partial charge in [-0.05, 0) is 19.1 Å². The van der Waals surface area contributed by atoms with Gasteiger partial charge >= 0.3 is 0 Å². The maximum Gasteiger partial charge on any atom is 0.200 e. The molecular formula is C10H10O4S. The Kier molecular flexibility index (Phi) is 2.09. The summed E-state index contributed by atoms with van der Waals surface area (Å²) in [5, 5.41) is 20.0. The van der Waals surface area contributed by atoms with Crippen molar-refractivity contribution in [3.05, 3.63) is 29.2 Å². The van der Waals surface area contributed by atoms with Crippen LogP contribution in [0.1, 0.15) is 12.5 Å². The number of rotatable bonds is 1. The highest BCUT2D eigenvalue weighted by Gasteiger charge is 2.31. The zero-order valence-corrected chi connectivity index (χ0v) is 8.82. The summed E-state index contributed by atoms with van der Waals surface area (Å²) in [6, 6.07) is 4.27. The largest absolute Gasteiger partial charge is 0.507 e. The number of hydrogen-bond acceptors (Lipinski definition) is 4. The molecule has 1 unspecified atom stereocenters. The Bertz CT molecular complexity index is 541. The van der Waals surface area contributed by atoms with E-state index < -0.39 is 15.9 Å². The van der Waals surface area contributed by atoms with Gasteiger partial charge in [-0.2, -0.15) is 0 Å². The molecule has 0 radical (unpaired) electrons. The van der Waals surface area contributed by atoms with Crippen LogP contribution in [0.4, 0.5) is 0 Å². The van der Waals surface area contributed by atoms with Gasteiger partial charge in [0.1, 0.15) is 5.75 Å². The molecule has 1 aromatic carbocycles. The number of aromatic hydroxyl groups is 1. The quantitative estimate of drug-likeness (QED) is 0.746. The zero-order valence-electron chi connectivity index (χ0n) is 8.01. The predicted octanol–water partition coefficient (Wildman–Crippen LogP) is 0.901. The molecule has 1 heterocycles. The smallest absolute Gasteiger partial charge is 0.200 e. The van der Waals surface area contributed by atoms with Crippen molar-refractivity contribution in [1.29, 1.82) is 0 Å². The lowest BCUT2D eigenvalue weighted by Crippen LogP contribution is -2.01. The molecule has 0 bridgehead atoms. The monoisotopic (exact) mass is 226 g/mol. The first-order valence-corrected chi connectivity index (χ1v) is 5.95. The molecule has 15 heavy (non-hydrogen) atoms. The Labute approximate surface area is 87.4 Å². The molecule has 1 aromatic rings. The lowest BCUT2D eigenvalue weighted by Gasteiger charge is -2.08. The molecule has 2 N–H and O–H groups in total. The average Bonchev–Trinajstić information content (AvgIpc) is 2.40. The predicted molar refractivity (Wildman–Crippen MR) is 55.0 cm³/mol. The third kappa shape index (κ3) is 1.44. The van der Waals surface area contributed by atoms with Crippen LogP contribution in [0.3, 0.4) is 0 Å². The number of aliphatic hydroxyl groups is 1. The number of fused-ring (bicyclic) bond motifs is 1. The van der Waals surface area contributed by atoms with E-state index in [9.17, 15) is 18.6 Å². The van der Waals surface area contributed by atoms with Gasteiger partial charge in [-0.15, -0.1) is 0 Å². The van der Waals surface area contributed by atoms with E-state index >= 15 is 0 Å². The van der Waals surface area contributed by atoms with Gasteiger partial charge in [-0.25, -0.2) is 8.42 Å². The van der Waals surface area contributed by atoms with Gasteiger partial charge in [-0.3, -0.25) is 0 Å². The number of hydrogen-bond donors (Lipinski definition) is 2. The lowest BCUT2D eigenvalue weighted by atomic mass is 10.0. The topological polar surface area (TPSA) is 74.6 Å². The Balaban J connectivity index is 2.80. The molecule has 2 rings (SSSR count). The van der Waals surface area contributed by atoms with Crippen molar-refractivity contribution in [1.82, 2.24) is 0 Å². The number of phenolic OH excluding ortho intramolecular Hbond substituents is 1. The van der Waals surface area contributed by atoms with Gasteiger partial charge in [0.05, 0.1) is 11.0 Å². The Morgan fingerprint density at radius 2 is 2.00 bits per heavy atom. The van der Waals surface area contributed by atoms with Crippen LogP contribution in [0.25, 0.3) is 5.57 Å². The molecule has 5 heteroatoms. The van der Waals surface area contributed by atoms with Gasteiger partial charge in [0.15, 0.2) is 0 Å². The van der Waals surface area contributed by atoms with Gasteiger partial charge in [0.25, 0.3) is 0 Å². The second kappa shape index (κ2) is 3.08. The molecule has 0 aromatic heterocycles. The van der Waals surface area contributed by atoms with Gasteiger partial charge in [0.2, 0.25) is 9.84 Å². The van der Waals surface area contributed by atoms with Gasteiger partial charge in [0, 0.05) is 16.5 Å². The SMILES string of the molecule is CC(O)C1=CS(=O)(=O)c2cccc(O)c21. The van der Waals surface area contributed by atoms with Crippen molar-refractivity contribution in [3.63, 3.8) is 0 Å². The average molecular weight is 226 g/mol. The third-order valence-electron chi connectivity index (χ3n) is 2.33. The Morgan fingerprint density at radius 3 is 2.60 bits per heavy atom. The minimum Gasteiger partial charge on any atom is -0.507 e. The van der Waals surface area contributed by atoms with Crippen LogP contribution in [0.2, 0.25) is 0 Å². The van der Waals surface area contributed by atoms with E-state index in [0.717, 1.165) is 5.41 Å². The highest BCUT2D eigenvalue weighted by molar-refractivity contribution is 7.95. The summed E-state index contributed by atoms with van der Waals surface area (Å²) in [6.45, 7) is 1.46. The minimum atomic E-state index is -3.50. The highest BCUT2D eigenvalue weighted by Crippen LogP contribution is 2.40. The summed E-state index contributed by atoms with van der Waals surface area (Å²) in [6.07, 6.45) is -0.922. The number of benzene rings is 1. The molecule has 4 nitrogen and oxygen atoms in total. The second-order valence-electron chi connectivity index (χ2n) is 3.44. The molecule has 0 saturated heterocycles. The lowest BCUT2D eigenvalue weighted by molar-refractivity contribution is 0.253. The van der Waals surface area contributed by atoms with E-state index in [1.54, 1.807) is 0 Å². The van der Waals surface area contributed by atoms with Crippen LogP contribution in [0, 0.1) is 0 Å². The molecule has 1 aliphatic heterocycles. The standard InChI is InChI=1S/C10H10O4S/c1-6(11)7-5-15(13,14)9-4-2-3-8(12)10(7)9/h2-6,11-12H,1H3. The van der Waals surface area contributed by atoms with E-state index in [-0.39, 0.29) is 21.8 Å². The fraction of sp³-hybridized carbons (Fsp3) is 0.200. The molecule has 0 saturated carbocycles. The van der Waals surface area contributed by atoms with Crippen molar-refractivity contribution < 1.29 is 18.6 Å². The fourth-order valence-corrected chi connectivity index (χ4v) is 3.19. The molecule has 0 spiro atoms. The molecule has 80 valence electrons. The summed E-state index contributed by atoms with van der Waals surface area (Å²) >= 11 is 0. The van der Waals surface area contributed by atoms with E-state index in [1.807, 2.05) is 0 Å². The van der Waals surface area contributed by atoms with Crippen LogP contribution in [-0.4, -0.2) is 24.7 Å². The molecule has 0 aliphatic carbocycles. The van der Waals surface area contributed by atoms with E-state index in [0.29, 0.717) is 0 Å². The van der Waals surface area contributed by atoms with Crippen molar-refractivity contribution in [2.24, 2.45) is 0 Å². The van der Waals surface area contributed by atoms with Crippen LogP contribution in [0.5, 0.6) is 5.75 Å². The highest BCUT2D eigenvalue weighted by atomic mass is 32.2. The summed E-state index contributed by atoms with van der Waals surface area (Å²) in [4.78, 5) is 0.0541. The summed E-state index contributed by atoms with van der Waals surface area (Å²) in [5.41, 5.74) is 0.454. The Hall–Kier alpha value is -1.33. The van der Waals surface area contributed by atoms with Crippen molar-refractivity contribution in [3.8, 4) is 5.75 Å². The normalized spacial score (nSPS) is 19.5. The summed E-state index contributed by atoms with van der Waals surface area (Å²) < 4.78 is 23.2. The third-order valence-corrected chi connectivity index (χ3v) is 3.85. The van der Waals surface area contributed by atoms with Crippen molar-refractivity contribution in [2.45, 2.75) is 17.9 Å². The minimum absolute atomic E-state index is 0.0541. The van der Waals surface area contributed by atoms with Crippen molar-refractivity contribution >= 4 is 15.4 Å². The first-order chi connectivity index (χ1) is 6.93. The first-order valence-electron chi connectivity index (χ1n) is 4.40. The van der Waals surface area contributed by atoms with Gasteiger partial charge in [-0.1, -0.05) is 6.07 Å². The number of sulfone groups is 1. The molecule has 1 aliphatic rings. The van der Waals surface area contributed by atoms with Crippen LogP contribution in [-0.2, 0) is 9.84 Å². The second-order valence-corrected chi connectivity index (χ2v) is 5.21. The molecule has 1 atom stereocenters. The van der Waals surface area contributed by atoms with E-state index in [1.165, 1.54) is 25.1 Å². The summed E-state index contributed by atoms with van der Waals surface area (Å²) in [7, 11) is -3.50. The van der Waals surface area contributed by atoms with Crippen LogP contribution >= 0.6 is 0 Å². The van der Waals surface area contributed by atoms with Crippen LogP contribution in [0.15, 0.2) is 28.5 Å².